The van der Waals surface area contributed by atoms with Gasteiger partial charge in [0, 0.05) is 32.3 Å². The Morgan fingerprint density at radius 3 is 2.81 bits per heavy atom. The lowest BCUT2D eigenvalue weighted by Crippen LogP contribution is -2.33. The molecule has 1 aliphatic heterocycles. The van der Waals surface area contributed by atoms with Crippen molar-refractivity contribution in [2.45, 2.75) is 19.3 Å². The molecule has 1 aliphatic rings. The first-order valence-corrected chi connectivity index (χ1v) is 8.83. The van der Waals surface area contributed by atoms with Crippen LogP contribution in [0.4, 0.5) is 14.9 Å². The Morgan fingerprint density at radius 1 is 1.26 bits per heavy atom. The van der Waals surface area contributed by atoms with Gasteiger partial charge in [-0.1, -0.05) is 0 Å². The summed E-state index contributed by atoms with van der Waals surface area (Å²) < 4.78 is 18.6. The number of pyridine rings is 1. The zero-order valence-corrected chi connectivity index (χ0v) is 14.8. The van der Waals surface area contributed by atoms with Gasteiger partial charge >= 0.3 is 6.03 Å². The number of aromatic nitrogens is 1. The topological polar surface area (TPSA) is 83.6 Å². The molecular weight excluding hydrogens is 351 g/mol. The molecule has 1 aromatic carbocycles. The zero-order valence-electron chi connectivity index (χ0n) is 14.8. The van der Waals surface area contributed by atoms with Crippen LogP contribution >= 0.6 is 0 Å². The highest BCUT2D eigenvalue weighted by Gasteiger charge is 2.19. The number of hydrogen-bond acceptors (Lipinski definition) is 4. The maximum atomic E-state index is 13.0. The monoisotopic (exact) mass is 372 g/mol. The van der Waals surface area contributed by atoms with Crippen LogP contribution in [-0.4, -0.2) is 41.5 Å². The van der Waals surface area contributed by atoms with Crippen LogP contribution in [0.2, 0.25) is 0 Å². The first-order valence-electron chi connectivity index (χ1n) is 8.83. The number of nitrogens with one attached hydrogen (secondary N) is 2. The van der Waals surface area contributed by atoms with E-state index < -0.39 is 0 Å². The Kier molecular flexibility index (Phi) is 6.19. The van der Waals surface area contributed by atoms with Crippen LogP contribution in [0.15, 0.2) is 42.6 Å². The molecule has 1 saturated heterocycles. The van der Waals surface area contributed by atoms with E-state index in [4.69, 9.17) is 4.74 Å². The summed E-state index contributed by atoms with van der Waals surface area (Å²) in [5.41, 5.74) is 0.397. The molecule has 0 radical (unpaired) electrons. The van der Waals surface area contributed by atoms with Gasteiger partial charge in [-0.15, -0.1) is 0 Å². The maximum Gasteiger partial charge on any atom is 0.319 e. The molecule has 142 valence electrons. The molecule has 7 nitrogen and oxygen atoms in total. The summed E-state index contributed by atoms with van der Waals surface area (Å²) in [5, 5.41) is 5.43. The van der Waals surface area contributed by atoms with Crippen molar-refractivity contribution in [2.75, 3.05) is 25.0 Å². The van der Waals surface area contributed by atoms with Crippen LogP contribution < -0.4 is 15.4 Å². The molecule has 0 atom stereocenters. The highest BCUT2D eigenvalue weighted by atomic mass is 19.1. The molecule has 1 aromatic heterocycles. The predicted molar refractivity (Wildman–Crippen MR) is 98.2 cm³/mol. The molecule has 0 bridgehead atoms. The minimum absolute atomic E-state index is 0.178. The van der Waals surface area contributed by atoms with Crippen LogP contribution in [0, 0.1) is 5.82 Å². The van der Waals surface area contributed by atoms with E-state index in [2.05, 4.69) is 15.6 Å². The van der Waals surface area contributed by atoms with Gasteiger partial charge in [0.25, 0.3) is 0 Å². The molecule has 3 amide bonds. The fourth-order valence-corrected chi connectivity index (χ4v) is 2.76. The SMILES string of the molecule is O=C(NCCCN1CCCC1=O)Nc1cccnc1Oc1ccc(F)cc1. The van der Waals surface area contributed by atoms with Crippen LogP contribution in [-0.2, 0) is 4.79 Å². The number of likely N-dealkylation sites (tertiary alicyclic amines) is 1. The number of rotatable bonds is 7. The molecule has 3 rings (SSSR count). The van der Waals surface area contributed by atoms with Crippen LogP contribution in [0.25, 0.3) is 0 Å². The summed E-state index contributed by atoms with van der Waals surface area (Å²) in [7, 11) is 0. The Labute approximate surface area is 156 Å². The highest BCUT2D eigenvalue weighted by molar-refractivity contribution is 5.90. The quantitative estimate of drug-likeness (QED) is 0.732. The lowest BCUT2D eigenvalue weighted by atomic mass is 10.3. The lowest BCUT2D eigenvalue weighted by molar-refractivity contribution is -0.127. The van der Waals surface area contributed by atoms with Crippen molar-refractivity contribution >= 4 is 17.6 Å². The molecule has 2 heterocycles. The molecule has 0 spiro atoms. The average Bonchev–Trinajstić information content (AvgIpc) is 3.07. The Morgan fingerprint density at radius 2 is 2.07 bits per heavy atom. The third kappa shape index (κ3) is 5.40. The molecule has 2 aromatic rings. The Balaban J connectivity index is 1.48. The molecular formula is C19H21FN4O3. The van der Waals surface area contributed by atoms with Gasteiger partial charge in [-0.2, -0.15) is 0 Å². The van der Waals surface area contributed by atoms with E-state index in [1.165, 1.54) is 30.5 Å². The van der Waals surface area contributed by atoms with Crippen LogP contribution in [0.1, 0.15) is 19.3 Å². The normalized spacial score (nSPS) is 13.5. The first kappa shape index (κ1) is 18.6. The Hall–Kier alpha value is -3.16. The van der Waals surface area contributed by atoms with E-state index in [0.29, 0.717) is 37.4 Å². The lowest BCUT2D eigenvalue weighted by Gasteiger charge is -2.15. The summed E-state index contributed by atoms with van der Waals surface area (Å²) in [6.45, 7) is 1.89. The standard InChI is InChI=1S/C19H21FN4O3/c20-14-6-8-15(9-7-14)27-18-16(4-1-10-21-18)23-19(26)22-11-3-13-24-12-2-5-17(24)25/h1,4,6-10H,2-3,5,11-13H2,(H2,22,23,26). The van der Waals surface area contributed by atoms with Crippen LogP contribution in [0.5, 0.6) is 11.6 Å². The van der Waals surface area contributed by atoms with Gasteiger partial charge in [0.1, 0.15) is 17.3 Å². The van der Waals surface area contributed by atoms with Crippen molar-refractivity contribution in [1.29, 1.82) is 0 Å². The van der Waals surface area contributed by atoms with E-state index in [0.717, 1.165) is 13.0 Å². The number of urea groups is 1. The third-order valence-electron chi connectivity index (χ3n) is 4.11. The van der Waals surface area contributed by atoms with E-state index in [9.17, 15) is 14.0 Å². The van der Waals surface area contributed by atoms with Crippen LogP contribution in [0.3, 0.4) is 0 Å². The number of carbonyl (C=O) groups is 2. The van der Waals surface area contributed by atoms with Crippen molar-refractivity contribution in [3.63, 3.8) is 0 Å². The van der Waals surface area contributed by atoms with Crippen molar-refractivity contribution in [1.82, 2.24) is 15.2 Å². The minimum atomic E-state index is -0.389. The zero-order chi connectivity index (χ0) is 19.1. The average molecular weight is 372 g/mol. The van der Waals surface area contributed by atoms with Gasteiger partial charge in [0.15, 0.2) is 0 Å². The Bertz CT molecular complexity index is 798. The van der Waals surface area contributed by atoms with Gasteiger partial charge in [0.05, 0.1) is 0 Å². The molecule has 1 fully saturated rings. The second-order valence-electron chi connectivity index (χ2n) is 6.13. The van der Waals surface area contributed by atoms with E-state index in [1.807, 2.05) is 4.90 Å². The van der Waals surface area contributed by atoms with Crippen molar-refractivity contribution in [2.24, 2.45) is 0 Å². The number of hydrogen-bond donors (Lipinski definition) is 2. The summed E-state index contributed by atoms with van der Waals surface area (Å²) in [6.07, 6.45) is 3.75. The summed E-state index contributed by atoms with van der Waals surface area (Å²) in [6, 6.07) is 8.47. The van der Waals surface area contributed by atoms with E-state index >= 15 is 0 Å². The largest absolute Gasteiger partial charge is 0.437 e. The van der Waals surface area contributed by atoms with E-state index in [1.54, 1.807) is 12.1 Å². The van der Waals surface area contributed by atoms with Gasteiger partial charge in [0.2, 0.25) is 11.8 Å². The fourth-order valence-electron chi connectivity index (χ4n) is 2.76. The van der Waals surface area contributed by atoms with Gasteiger partial charge in [-0.05, 0) is 49.2 Å². The number of ether oxygens (including phenoxy) is 1. The minimum Gasteiger partial charge on any atom is -0.437 e. The molecule has 0 saturated carbocycles. The van der Waals surface area contributed by atoms with Gasteiger partial charge in [-0.25, -0.2) is 14.2 Å². The molecule has 0 aliphatic carbocycles. The number of benzene rings is 1. The number of halogens is 1. The van der Waals surface area contributed by atoms with Gasteiger partial charge < -0.3 is 20.3 Å². The second-order valence-corrected chi connectivity index (χ2v) is 6.13. The number of carbonyl (C=O) groups excluding carboxylic acids is 2. The molecule has 8 heteroatoms. The summed E-state index contributed by atoms with van der Waals surface area (Å²) >= 11 is 0. The predicted octanol–water partition coefficient (Wildman–Crippen LogP) is 3.15. The molecule has 27 heavy (non-hydrogen) atoms. The van der Waals surface area contributed by atoms with Crippen molar-refractivity contribution in [3.05, 3.63) is 48.4 Å². The fraction of sp³-hybridized carbons (Fsp3) is 0.316. The van der Waals surface area contributed by atoms with Crippen molar-refractivity contribution < 1.29 is 18.7 Å². The summed E-state index contributed by atoms with van der Waals surface area (Å²) in [5.74, 6) is 0.435. The number of amides is 3. The van der Waals surface area contributed by atoms with Gasteiger partial charge in [-0.3, -0.25) is 4.79 Å². The highest BCUT2D eigenvalue weighted by Crippen LogP contribution is 2.26. The third-order valence-corrected chi connectivity index (χ3v) is 4.11. The van der Waals surface area contributed by atoms with E-state index in [-0.39, 0.29) is 23.6 Å². The van der Waals surface area contributed by atoms with Crippen molar-refractivity contribution in [3.8, 4) is 11.6 Å². The molecule has 0 unspecified atom stereocenters. The number of anilines is 1. The second kappa shape index (κ2) is 8.98. The molecule has 2 N–H and O–H groups in total. The first-order chi connectivity index (χ1) is 13.1. The maximum absolute atomic E-state index is 13.0. The number of nitrogens with zero attached hydrogens (tertiary/aromatic N) is 2. The smallest absolute Gasteiger partial charge is 0.319 e. The summed E-state index contributed by atoms with van der Waals surface area (Å²) in [4.78, 5) is 29.5.